The minimum atomic E-state index is -3.75. The Labute approximate surface area is 108 Å². The molecule has 0 radical (unpaired) electrons. The Hall–Kier alpha value is -0.490. The molecule has 0 amide bonds. The number of hydrogen-bond donors (Lipinski definition) is 0. The van der Waals surface area contributed by atoms with Crippen LogP contribution >= 0.6 is 15.9 Å². The lowest BCUT2D eigenvalue weighted by atomic mass is 10.0. The van der Waals surface area contributed by atoms with E-state index in [1.807, 2.05) is 0 Å². The quantitative estimate of drug-likeness (QED) is 0.629. The zero-order chi connectivity index (χ0) is 13.3. The highest BCUT2D eigenvalue weighted by Crippen LogP contribution is 2.26. The first kappa shape index (κ1) is 14.6. The lowest BCUT2D eigenvalue weighted by Gasteiger charge is -2.21. The van der Waals surface area contributed by atoms with Crippen molar-refractivity contribution in [1.29, 1.82) is 0 Å². The summed E-state index contributed by atoms with van der Waals surface area (Å²) >= 11 is 3.21. The summed E-state index contributed by atoms with van der Waals surface area (Å²) in [4.78, 5) is -0.451. The number of halogens is 3. The molecule has 0 saturated carbocycles. The molecular weight excluding hydrogens is 314 g/mol. The van der Waals surface area contributed by atoms with E-state index in [0.717, 1.165) is 12.1 Å². The van der Waals surface area contributed by atoms with Crippen molar-refractivity contribution in [2.24, 2.45) is 5.41 Å². The lowest BCUT2D eigenvalue weighted by Crippen LogP contribution is -2.26. The molecule has 1 rings (SSSR count). The van der Waals surface area contributed by atoms with Gasteiger partial charge in [0.15, 0.2) is 9.84 Å². The summed E-state index contributed by atoms with van der Waals surface area (Å²) in [6, 6.07) is 2.48. The first-order chi connectivity index (χ1) is 7.68. The topological polar surface area (TPSA) is 34.1 Å². The Morgan fingerprint density at radius 3 is 2.35 bits per heavy atom. The van der Waals surface area contributed by atoms with Crippen molar-refractivity contribution in [3.63, 3.8) is 0 Å². The fraction of sp³-hybridized carbons (Fsp3) is 0.455. The average molecular weight is 327 g/mol. The van der Waals surface area contributed by atoms with E-state index in [1.54, 1.807) is 13.8 Å². The summed E-state index contributed by atoms with van der Waals surface area (Å²) in [5, 5.41) is 0.474. The van der Waals surface area contributed by atoms with Crippen LogP contribution in [-0.2, 0) is 9.84 Å². The summed E-state index contributed by atoms with van der Waals surface area (Å²) in [6.07, 6.45) is 0. The Kier molecular flexibility index (Phi) is 4.30. The molecule has 0 aliphatic carbocycles. The molecule has 0 aromatic heterocycles. The predicted octanol–water partition coefficient (Wildman–Crippen LogP) is 3.16. The molecule has 0 bridgehead atoms. The molecule has 0 heterocycles. The van der Waals surface area contributed by atoms with Gasteiger partial charge in [0.05, 0.1) is 5.75 Å². The SMILES string of the molecule is CC(C)(CBr)CS(=O)(=O)c1ccc(F)cc1F. The third-order valence-electron chi connectivity index (χ3n) is 2.17. The molecule has 0 aliphatic rings. The molecule has 6 heteroatoms. The standard InChI is InChI=1S/C11H13BrF2O2S/c1-11(2,6-12)7-17(15,16)10-4-3-8(13)5-9(10)14/h3-5H,6-7H2,1-2H3. The largest absolute Gasteiger partial charge is 0.224 e. The van der Waals surface area contributed by atoms with Gasteiger partial charge in [0.1, 0.15) is 16.5 Å². The summed E-state index contributed by atoms with van der Waals surface area (Å²) < 4.78 is 50.0. The van der Waals surface area contributed by atoms with E-state index < -0.39 is 31.8 Å². The van der Waals surface area contributed by atoms with Crippen molar-refractivity contribution >= 4 is 25.8 Å². The smallest absolute Gasteiger partial charge is 0.181 e. The Morgan fingerprint density at radius 1 is 1.29 bits per heavy atom. The van der Waals surface area contributed by atoms with Gasteiger partial charge >= 0.3 is 0 Å². The van der Waals surface area contributed by atoms with Crippen molar-refractivity contribution in [3.05, 3.63) is 29.8 Å². The fourth-order valence-electron chi connectivity index (χ4n) is 1.36. The molecule has 0 spiro atoms. The van der Waals surface area contributed by atoms with Crippen molar-refractivity contribution < 1.29 is 17.2 Å². The van der Waals surface area contributed by atoms with Gasteiger partial charge in [-0.1, -0.05) is 29.8 Å². The fourth-order valence-corrected chi connectivity index (χ4v) is 3.74. The van der Waals surface area contributed by atoms with Gasteiger partial charge in [-0.2, -0.15) is 0 Å². The van der Waals surface area contributed by atoms with Crippen LogP contribution in [-0.4, -0.2) is 19.5 Å². The van der Waals surface area contributed by atoms with E-state index >= 15 is 0 Å². The number of rotatable bonds is 4. The second-order valence-electron chi connectivity index (χ2n) is 4.63. The lowest BCUT2D eigenvalue weighted by molar-refractivity contribution is 0.471. The van der Waals surface area contributed by atoms with Crippen LogP contribution in [0.5, 0.6) is 0 Å². The van der Waals surface area contributed by atoms with Gasteiger partial charge in [0, 0.05) is 11.4 Å². The molecule has 1 aromatic carbocycles. The van der Waals surface area contributed by atoms with Crippen molar-refractivity contribution in [2.75, 3.05) is 11.1 Å². The van der Waals surface area contributed by atoms with Crippen LogP contribution < -0.4 is 0 Å². The molecule has 0 fully saturated rings. The average Bonchev–Trinajstić information content (AvgIpc) is 2.15. The van der Waals surface area contributed by atoms with E-state index in [2.05, 4.69) is 15.9 Å². The molecule has 96 valence electrons. The molecule has 0 saturated heterocycles. The highest BCUT2D eigenvalue weighted by atomic mass is 79.9. The maximum absolute atomic E-state index is 13.4. The molecular formula is C11H13BrF2O2S. The van der Waals surface area contributed by atoms with Gasteiger partial charge in [-0.3, -0.25) is 0 Å². The summed E-state index contributed by atoms with van der Waals surface area (Å²) in [5.41, 5.74) is -0.514. The summed E-state index contributed by atoms with van der Waals surface area (Å²) in [6.45, 7) is 3.50. The van der Waals surface area contributed by atoms with E-state index in [9.17, 15) is 17.2 Å². The van der Waals surface area contributed by atoms with Crippen molar-refractivity contribution in [1.82, 2.24) is 0 Å². The van der Waals surface area contributed by atoms with Crippen LogP contribution in [0.1, 0.15) is 13.8 Å². The number of alkyl halides is 1. The Morgan fingerprint density at radius 2 is 1.88 bits per heavy atom. The highest BCUT2D eigenvalue weighted by Gasteiger charge is 2.28. The molecule has 0 N–H and O–H groups in total. The van der Waals surface area contributed by atoms with Crippen LogP contribution in [0.15, 0.2) is 23.1 Å². The van der Waals surface area contributed by atoms with Gasteiger partial charge in [-0.25, -0.2) is 17.2 Å². The van der Waals surface area contributed by atoms with Gasteiger partial charge in [0.25, 0.3) is 0 Å². The first-order valence-corrected chi connectivity index (χ1v) is 7.69. The number of benzene rings is 1. The van der Waals surface area contributed by atoms with Crippen LogP contribution in [0.2, 0.25) is 0 Å². The minimum Gasteiger partial charge on any atom is -0.224 e. The first-order valence-electron chi connectivity index (χ1n) is 4.92. The number of hydrogen-bond acceptors (Lipinski definition) is 2. The van der Waals surface area contributed by atoms with Crippen LogP contribution in [0, 0.1) is 17.0 Å². The zero-order valence-corrected chi connectivity index (χ0v) is 11.9. The van der Waals surface area contributed by atoms with Gasteiger partial charge in [0.2, 0.25) is 0 Å². The third-order valence-corrected chi connectivity index (χ3v) is 5.85. The van der Waals surface area contributed by atoms with Gasteiger partial charge in [-0.15, -0.1) is 0 Å². The van der Waals surface area contributed by atoms with E-state index in [-0.39, 0.29) is 5.75 Å². The maximum Gasteiger partial charge on any atom is 0.181 e. The van der Waals surface area contributed by atoms with Gasteiger partial charge < -0.3 is 0 Å². The predicted molar refractivity (Wildman–Crippen MR) is 66.0 cm³/mol. The minimum absolute atomic E-state index is 0.201. The molecule has 0 unspecified atom stereocenters. The molecule has 0 atom stereocenters. The Bertz CT molecular complexity index is 512. The molecule has 0 aliphatic heterocycles. The highest BCUT2D eigenvalue weighted by molar-refractivity contribution is 9.09. The normalized spacial score (nSPS) is 12.8. The molecule has 2 nitrogen and oxygen atoms in total. The van der Waals surface area contributed by atoms with E-state index in [0.29, 0.717) is 11.4 Å². The van der Waals surface area contributed by atoms with Crippen LogP contribution in [0.25, 0.3) is 0 Å². The number of sulfone groups is 1. The Balaban J connectivity index is 3.14. The van der Waals surface area contributed by atoms with E-state index in [1.165, 1.54) is 0 Å². The monoisotopic (exact) mass is 326 g/mol. The second kappa shape index (κ2) is 5.02. The van der Waals surface area contributed by atoms with Crippen LogP contribution in [0.4, 0.5) is 8.78 Å². The zero-order valence-electron chi connectivity index (χ0n) is 9.50. The third kappa shape index (κ3) is 3.74. The maximum atomic E-state index is 13.4. The summed E-state index contributed by atoms with van der Waals surface area (Å²) in [5.74, 6) is -2.04. The second-order valence-corrected chi connectivity index (χ2v) is 7.15. The van der Waals surface area contributed by atoms with Crippen molar-refractivity contribution in [2.45, 2.75) is 18.7 Å². The van der Waals surface area contributed by atoms with Crippen molar-refractivity contribution in [3.8, 4) is 0 Å². The van der Waals surface area contributed by atoms with Gasteiger partial charge in [-0.05, 0) is 17.5 Å². The molecule has 1 aromatic rings. The molecule has 17 heavy (non-hydrogen) atoms. The van der Waals surface area contributed by atoms with E-state index in [4.69, 9.17) is 0 Å². The summed E-state index contributed by atoms with van der Waals surface area (Å²) in [7, 11) is -3.75. The van der Waals surface area contributed by atoms with Crippen LogP contribution in [0.3, 0.4) is 0 Å².